The number of rotatable bonds is 5. The predicted octanol–water partition coefficient (Wildman–Crippen LogP) is 0.729. The Morgan fingerprint density at radius 2 is 1.95 bits per heavy atom. The molecule has 2 rings (SSSR count). The number of nitrogens with zero attached hydrogens (tertiary/aromatic N) is 2. The van der Waals surface area contributed by atoms with Gasteiger partial charge in [0.25, 0.3) is 5.91 Å². The van der Waals surface area contributed by atoms with Crippen molar-refractivity contribution in [3.63, 3.8) is 0 Å². The number of aliphatic hydroxyl groups is 1. The molecule has 1 aliphatic rings. The third-order valence-corrected chi connectivity index (χ3v) is 3.27. The third kappa shape index (κ3) is 3.20. The summed E-state index contributed by atoms with van der Waals surface area (Å²) in [7, 11) is 0. The number of carbonyl (C=O) groups excluding carboxylic acids is 3. The van der Waals surface area contributed by atoms with E-state index < -0.39 is 23.8 Å². The van der Waals surface area contributed by atoms with Gasteiger partial charge in [-0.3, -0.25) is 19.9 Å². The van der Waals surface area contributed by atoms with Gasteiger partial charge in [-0.1, -0.05) is 18.2 Å². The van der Waals surface area contributed by atoms with Crippen LogP contribution in [0.5, 0.6) is 0 Å². The van der Waals surface area contributed by atoms with Gasteiger partial charge in [-0.15, -0.1) is 0 Å². The molecule has 7 heteroatoms. The lowest BCUT2D eigenvalue weighted by Crippen LogP contribution is -2.60. The van der Waals surface area contributed by atoms with Crippen molar-refractivity contribution in [3.8, 4) is 0 Å². The number of carbonyl (C=O) groups is 3. The van der Waals surface area contributed by atoms with Gasteiger partial charge in [-0.2, -0.15) is 0 Å². The van der Waals surface area contributed by atoms with Gasteiger partial charge >= 0.3 is 6.03 Å². The molecule has 1 fully saturated rings. The van der Waals surface area contributed by atoms with Crippen molar-refractivity contribution in [3.05, 3.63) is 30.3 Å². The van der Waals surface area contributed by atoms with E-state index in [0.29, 0.717) is 24.4 Å². The summed E-state index contributed by atoms with van der Waals surface area (Å²) in [5.41, 5.74) is 0.718. The van der Waals surface area contributed by atoms with E-state index in [-0.39, 0.29) is 6.61 Å². The molecule has 0 saturated carbocycles. The first-order chi connectivity index (χ1) is 10.6. The van der Waals surface area contributed by atoms with Crippen LogP contribution >= 0.6 is 0 Å². The minimum Gasteiger partial charge on any atom is -0.396 e. The van der Waals surface area contributed by atoms with Gasteiger partial charge in [0.1, 0.15) is 0 Å². The number of amides is 4. The number of aliphatic imine (C=N–C) groups is 1. The van der Waals surface area contributed by atoms with Crippen LogP contribution in [0.2, 0.25) is 0 Å². The SMILES string of the molecule is CC(=NCCCO)C1C(=O)NC(=O)N(c2ccccc2)C1=O. The fraction of sp³-hybridized carbons (Fsp3) is 0.333. The van der Waals surface area contributed by atoms with Crippen LogP contribution in [0.15, 0.2) is 35.3 Å². The zero-order valence-corrected chi connectivity index (χ0v) is 12.2. The Labute approximate surface area is 127 Å². The van der Waals surface area contributed by atoms with Gasteiger partial charge in [-0.05, 0) is 25.5 Å². The number of aliphatic hydroxyl groups excluding tert-OH is 1. The third-order valence-electron chi connectivity index (χ3n) is 3.27. The molecule has 0 aliphatic carbocycles. The van der Waals surface area contributed by atoms with Gasteiger partial charge in [0.2, 0.25) is 5.91 Å². The van der Waals surface area contributed by atoms with Gasteiger partial charge < -0.3 is 5.11 Å². The number of para-hydroxylation sites is 1. The van der Waals surface area contributed by atoms with Crippen LogP contribution in [0, 0.1) is 5.92 Å². The summed E-state index contributed by atoms with van der Waals surface area (Å²) in [4.78, 5) is 41.5. The summed E-state index contributed by atoms with van der Waals surface area (Å²) in [6.45, 7) is 1.87. The van der Waals surface area contributed by atoms with Crippen molar-refractivity contribution in [2.24, 2.45) is 10.9 Å². The van der Waals surface area contributed by atoms with Crippen molar-refractivity contribution >= 4 is 29.2 Å². The molecule has 1 atom stereocenters. The maximum atomic E-state index is 12.5. The summed E-state index contributed by atoms with van der Waals surface area (Å²) in [6.07, 6.45) is 0.446. The second-order valence-corrected chi connectivity index (χ2v) is 4.84. The number of hydrogen-bond acceptors (Lipinski definition) is 5. The maximum Gasteiger partial charge on any atom is 0.335 e. The number of anilines is 1. The van der Waals surface area contributed by atoms with Crippen LogP contribution in [0.4, 0.5) is 10.5 Å². The number of benzene rings is 1. The smallest absolute Gasteiger partial charge is 0.335 e. The average molecular weight is 303 g/mol. The lowest BCUT2D eigenvalue weighted by molar-refractivity contribution is -0.131. The Hall–Kier alpha value is -2.54. The Balaban J connectivity index is 2.28. The molecule has 0 bridgehead atoms. The highest BCUT2D eigenvalue weighted by Crippen LogP contribution is 2.21. The Morgan fingerprint density at radius 1 is 1.27 bits per heavy atom. The first kappa shape index (κ1) is 15.8. The molecule has 7 nitrogen and oxygen atoms in total. The highest BCUT2D eigenvalue weighted by atomic mass is 16.3. The summed E-state index contributed by atoms with van der Waals surface area (Å²) < 4.78 is 0. The van der Waals surface area contributed by atoms with E-state index in [1.165, 1.54) is 0 Å². The number of barbiturate groups is 1. The van der Waals surface area contributed by atoms with Gasteiger partial charge in [-0.25, -0.2) is 9.69 Å². The lowest BCUT2D eigenvalue weighted by Gasteiger charge is -2.30. The molecule has 0 aromatic heterocycles. The normalized spacial score (nSPS) is 19.4. The van der Waals surface area contributed by atoms with E-state index >= 15 is 0 Å². The molecule has 1 heterocycles. The highest BCUT2D eigenvalue weighted by molar-refractivity contribution is 6.35. The highest BCUT2D eigenvalue weighted by Gasteiger charge is 2.42. The molecule has 1 saturated heterocycles. The number of nitrogens with one attached hydrogen (secondary N) is 1. The summed E-state index contributed by atoms with van der Waals surface area (Å²) in [5.74, 6) is -2.42. The van der Waals surface area contributed by atoms with E-state index in [4.69, 9.17) is 5.11 Å². The largest absolute Gasteiger partial charge is 0.396 e. The van der Waals surface area contributed by atoms with Crippen LogP contribution in [0.1, 0.15) is 13.3 Å². The van der Waals surface area contributed by atoms with E-state index in [2.05, 4.69) is 10.3 Å². The molecule has 2 N–H and O–H groups in total. The van der Waals surface area contributed by atoms with Crippen LogP contribution in [0.25, 0.3) is 0 Å². The molecule has 22 heavy (non-hydrogen) atoms. The first-order valence-corrected chi connectivity index (χ1v) is 6.92. The van der Waals surface area contributed by atoms with E-state index in [1.54, 1.807) is 37.3 Å². The minimum atomic E-state index is -1.13. The van der Waals surface area contributed by atoms with E-state index in [9.17, 15) is 14.4 Å². The molecule has 0 spiro atoms. The summed E-state index contributed by atoms with van der Waals surface area (Å²) in [5, 5.41) is 10.9. The molecular weight excluding hydrogens is 286 g/mol. The monoisotopic (exact) mass is 303 g/mol. The number of imide groups is 2. The van der Waals surface area contributed by atoms with Crippen molar-refractivity contribution < 1.29 is 19.5 Å². The fourth-order valence-electron chi connectivity index (χ4n) is 2.18. The summed E-state index contributed by atoms with van der Waals surface area (Å²) in [6, 6.07) is 7.62. The van der Waals surface area contributed by atoms with Crippen LogP contribution in [-0.2, 0) is 9.59 Å². The fourth-order valence-corrected chi connectivity index (χ4v) is 2.18. The van der Waals surface area contributed by atoms with Crippen LogP contribution < -0.4 is 10.2 Å². The Kier molecular flexibility index (Phi) is 5.00. The molecule has 116 valence electrons. The Morgan fingerprint density at radius 3 is 2.59 bits per heavy atom. The van der Waals surface area contributed by atoms with E-state index in [0.717, 1.165) is 4.90 Å². The second kappa shape index (κ2) is 6.95. The molecule has 4 amide bonds. The summed E-state index contributed by atoms with van der Waals surface area (Å²) >= 11 is 0. The molecule has 1 aromatic rings. The minimum absolute atomic E-state index is 0.0176. The van der Waals surface area contributed by atoms with E-state index in [1.807, 2.05) is 0 Å². The molecule has 0 radical (unpaired) electrons. The molecule has 1 aromatic carbocycles. The average Bonchev–Trinajstić information content (AvgIpc) is 2.48. The topological polar surface area (TPSA) is 99.1 Å². The number of hydrogen-bond donors (Lipinski definition) is 2. The Bertz CT molecular complexity index is 612. The van der Waals surface area contributed by atoms with Gasteiger partial charge in [0.05, 0.1) is 5.69 Å². The zero-order valence-electron chi connectivity index (χ0n) is 12.2. The molecular formula is C15H17N3O4. The van der Waals surface area contributed by atoms with Gasteiger partial charge in [0, 0.05) is 18.9 Å². The van der Waals surface area contributed by atoms with Crippen molar-refractivity contribution in [2.75, 3.05) is 18.1 Å². The quantitative estimate of drug-likeness (QED) is 0.476. The maximum absolute atomic E-state index is 12.5. The van der Waals surface area contributed by atoms with Gasteiger partial charge in [0.15, 0.2) is 5.92 Å². The molecule has 1 unspecified atom stereocenters. The van der Waals surface area contributed by atoms with Crippen molar-refractivity contribution in [2.45, 2.75) is 13.3 Å². The predicted molar refractivity (Wildman–Crippen MR) is 80.6 cm³/mol. The lowest BCUT2D eigenvalue weighted by atomic mass is 9.99. The van der Waals surface area contributed by atoms with Crippen LogP contribution in [-0.4, -0.2) is 41.8 Å². The number of urea groups is 1. The van der Waals surface area contributed by atoms with Crippen LogP contribution in [0.3, 0.4) is 0 Å². The van der Waals surface area contributed by atoms with Crippen molar-refractivity contribution in [1.29, 1.82) is 0 Å². The van der Waals surface area contributed by atoms with Crippen molar-refractivity contribution in [1.82, 2.24) is 5.32 Å². The molecule has 1 aliphatic heterocycles. The second-order valence-electron chi connectivity index (χ2n) is 4.84. The zero-order chi connectivity index (χ0) is 16.1. The standard InChI is InChI=1S/C15H17N3O4/c1-10(16-8-5-9-19)12-13(20)17-15(22)18(14(12)21)11-6-3-2-4-7-11/h2-4,6-7,12,19H,5,8-9H2,1H3,(H,17,20,22). The first-order valence-electron chi connectivity index (χ1n) is 6.92.